The van der Waals surface area contributed by atoms with Crippen molar-refractivity contribution in [2.45, 2.75) is 38.3 Å². The SMILES string of the molecule is N#CC(=CC1CCOCC1)C(=O)N1CCC[C@H]1Cn1nc(-c2ccc(Oc3cccc(F)c3F)cc2F)c2c(N)ncnc21. The number of nitrogens with two attached hydrogens (primary N) is 1. The van der Waals surface area contributed by atoms with Crippen LogP contribution in [0.1, 0.15) is 25.7 Å². The van der Waals surface area contributed by atoms with Crippen LogP contribution in [0.4, 0.5) is 19.0 Å². The number of nitriles is 1. The number of hydrogen-bond donors (Lipinski definition) is 1. The number of ether oxygens (including phenoxy) is 2. The van der Waals surface area contributed by atoms with Gasteiger partial charge >= 0.3 is 0 Å². The fraction of sp³-hybridized carbons (Fsp3) is 0.323. The molecule has 226 valence electrons. The van der Waals surface area contributed by atoms with Crippen LogP contribution in [0.5, 0.6) is 11.5 Å². The maximum atomic E-state index is 15.5. The molecule has 4 heterocycles. The van der Waals surface area contributed by atoms with Crippen LogP contribution in [0, 0.1) is 34.7 Å². The normalized spacial score (nSPS) is 17.6. The van der Waals surface area contributed by atoms with Gasteiger partial charge < -0.3 is 20.1 Å². The van der Waals surface area contributed by atoms with Crippen LogP contribution < -0.4 is 10.5 Å². The number of fused-ring (bicyclic) bond motifs is 1. The summed E-state index contributed by atoms with van der Waals surface area (Å²) in [5.41, 5.74) is 6.91. The molecule has 0 bridgehead atoms. The van der Waals surface area contributed by atoms with Gasteiger partial charge in [0.1, 0.15) is 41.0 Å². The quantitative estimate of drug-likeness (QED) is 0.227. The Kier molecular flexibility index (Phi) is 8.17. The maximum absolute atomic E-state index is 15.5. The second kappa shape index (κ2) is 12.3. The highest BCUT2D eigenvalue weighted by atomic mass is 19.2. The van der Waals surface area contributed by atoms with E-state index in [2.05, 4.69) is 21.1 Å². The number of carbonyl (C=O) groups is 1. The molecule has 2 fully saturated rings. The molecule has 44 heavy (non-hydrogen) atoms. The number of carbonyl (C=O) groups excluding carboxylic acids is 1. The lowest BCUT2D eigenvalue weighted by Gasteiger charge is -2.25. The highest BCUT2D eigenvalue weighted by molar-refractivity contribution is 5.99. The number of allylic oxidation sites excluding steroid dienone is 1. The lowest BCUT2D eigenvalue weighted by Crippen LogP contribution is -2.39. The molecule has 0 unspecified atom stereocenters. The first-order chi connectivity index (χ1) is 21.3. The van der Waals surface area contributed by atoms with Gasteiger partial charge in [-0.15, -0.1) is 0 Å². The summed E-state index contributed by atoms with van der Waals surface area (Å²) in [5.74, 6) is -3.59. The van der Waals surface area contributed by atoms with E-state index in [0.29, 0.717) is 37.2 Å². The number of halogens is 3. The predicted molar refractivity (Wildman–Crippen MR) is 154 cm³/mol. The minimum Gasteiger partial charge on any atom is -0.454 e. The molecule has 1 amide bonds. The number of benzene rings is 2. The van der Waals surface area contributed by atoms with Crippen molar-refractivity contribution in [1.82, 2.24) is 24.6 Å². The lowest BCUT2D eigenvalue weighted by molar-refractivity contribution is -0.127. The lowest BCUT2D eigenvalue weighted by atomic mass is 9.97. The van der Waals surface area contributed by atoms with Gasteiger partial charge in [0.25, 0.3) is 5.91 Å². The molecule has 13 heteroatoms. The van der Waals surface area contributed by atoms with Crippen LogP contribution >= 0.6 is 0 Å². The third kappa shape index (κ3) is 5.68. The number of hydrogen-bond acceptors (Lipinski definition) is 8. The van der Waals surface area contributed by atoms with Gasteiger partial charge in [-0.3, -0.25) is 4.79 Å². The molecule has 1 atom stereocenters. The van der Waals surface area contributed by atoms with Crippen LogP contribution in [0.3, 0.4) is 0 Å². The Morgan fingerprint density at radius 2 is 1.95 bits per heavy atom. The van der Waals surface area contributed by atoms with Gasteiger partial charge in [-0.1, -0.05) is 12.1 Å². The standard InChI is InChI=1S/C31H28F3N7O3/c32-23-4-1-5-25(27(23)34)44-21-6-7-22(24(33)14-21)28-26-29(36)37-17-38-30(26)41(39-28)16-20-3-2-10-40(20)31(42)19(15-35)13-18-8-11-43-12-9-18/h1,4-7,13-14,17-18,20H,2-3,8-12,16H2,(H2,36,37,38)/t20-/m0/s1. The number of aromatic nitrogens is 4. The topological polar surface area (TPSA) is 132 Å². The van der Waals surface area contributed by atoms with E-state index < -0.39 is 17.5 Å². The second-order valence-electron chi connectivity index (χ2n) is 10.7. The Morgan fingerprint density at radius 1 is 1.14 bits per heavy atom. The Balaban J connectivity index is 1.29. The molecule has 4 aromatic rings. The van der Waals surface area contributed by atoms with Crippen molar-refractivity contribution in [1.29, 1.82) is 5.26 Å². The Labute approximate surface area is 250 Å². The zero-order chi connectivity index (χ0) is 30.8. The fourth-order valence-corrected chi connectivity index (χ4v) is 5.71. The molecule has 10 nitrogen and oxygen atoms in total. The second-order valence-corrected chi connectivity index (χ2v) is 10.7. The summed E-state index contributed by atoms with van der Waals surface area (Å²) in [4.78, 5) is 23.6. The van der Waals surface area contributed by atoms with Gasteiger partial charge in [0.2, 0.25) is 5.82 Å². The number of rotatable bonds is 7. The third-order valence-electron chi connectivity index (χ3n) is 7.94. The summed E-state index contributed by atoms with van der Waals surface area (Å²) in [6.07, 6.45) is 5.98. The number of likely N-dealkylation sites (tertiary alicyclic amines) is 1. The molecule has 6 rings (SSSR count). The van der Waals surface area contributed by atoms with E-state index in [9.17, 15) is 18.8 Å². The molecular weight excluding hydrogens is 575 g/mol. The number of anilines is 1. The molecule has 0 radical (unpaired) electrons. The van der Waals surface area contributed by atoms with Crippen LogP contribution in [0.2, 0.25) is 0 Å². The monoisotopic (exact) mass is 603 g/mol. The largest absolute Gasteiger partial charge is 0.454 e. The minimum absolute atomic E-state index is 0.0501. The predicted octanol–water partition coefficient (Wildman–Crippen LogP) is 5.15. The molecule has 2 aromatic heterocycles. The van der Waals surface area contributed by atoms with E-state index in [1.807, 2.05) is 0 Å². The Bertz CT molecular complexity index is 1800. The first-order valence-electron chi connectivity index (χ1n) is 14.2. The average molecular weight is 604 g/mol. The first kappa shape index (κ1) is 29.1. The van der Waals surface area contributed by atoms with E-state index in [0.717, 1.165) is 31.4 Å². The molecule has 2 saturated heterocycles. The summed E-state index contributed by atoms with van der Waals surface area (Å²) < 4.78 is 55.5. The number of nitrogens with zero attached hydrogens (tertiary/aromatic N) is 6. The molecule has 0 spiro atoms. The summed E-state index contributed by atoms with van der Waals surface area (Å²) in [5, 5.41) is 14.8. The van der Waals surface area contributed by atoms with Crippen LogP contribution in [0.25, 0.3) is 22.3 Å². The Hall–Kier alpha value is -4.96. The minimum atomic E-state index is -1.19. The first-order valence-corrected chi connectivity index (χ1v) is 14.2. The molecular formula is C31H28F3N7O3. The van der Waals surface area contributed by atoms with Gasteiger partial charge in [0.15, 0.2) is 17.2 Å². The van der Waals surface area contributed by atoms with Gasteiger partial charge in [-0.2, -0.15) is 14.8 Å². The molecule has 2 aliphatic heterocycles. The zero-order valence-corrected chi connectivity index (χ0v) is 23.5. The van der Waals surface area contributed by atoms with Crippen molar-refractivity contribution in [3.63, 3.8) is 0 Å². The maximum Gasteiger partial charge on any atom is 0.264 e. The van der Waals surface area contributed by atoms with Gasteiger partial charge in [0.05, 0.1) is 18.0 Å². The van der Waals surface area contributed by atoms with E-state index in [1.165, 1.54) is 30.6 Å². The van der Waals surface area contributed by atoms with Crippen LogP contribution in [-0.4, -0.2) is 56.4 Å². The van der Waals surface area contributed by atoms with Crippen molar-refractivity contribution in [2.75, 3.05) is 25.5 Å². The van der Waals surface area contributed by atoms with Crippen molar-refractivity contribution in [3.8, 4) is 28.8 Å². The Morgan fingerprint density at radius 3 is 2.73 bits per heavy atom. The average Bonchev–Trinajstić information content (AvgIpc) is 3.64. The molecule has 2 aromatic carbocycles. The number of nitrogen functional groups attached to an aromatic ring is 1. The van der Waals surface area contributed by atoms with Gasteiger partial charge in [-0.25, -0.2) is 23.4 Å². The van der Waals surface area contributed by atoms with Gasteiger partial charge in [0, 0.05) is 31.4 Å². The molecule has 2 N–H and O–H groups in total. The van der Waals surface area contributed by atoms with Crippen molar-refractivity contribution >= 4 is 22.8 Å². The van der Waals surface area contributed by atoms with Crippen molar-refractivity contribution in [2.24, 2.45) is 5.92 Å². The highest BCUT2D eigenvalue weighted by Gasteiger charge is 2.33. The zero-order valence-electron chi connectivity index (χ0n) is 23.5. The molecule has 0 aliphatic carbocycles. The molecule has 0 saturated carbocycles. The smallest absolute Gasteiger partial charge is 0.264 e. The van der Waals surface area contributed by atoms with Gasteiger partial charge in [-0.05, 0) is 55.9 Å². The summed E-state index contributed by atoms with van der Waals surface area (Å²) in [6, 6.07) is 9.09. The summed E-state index contributed by atoms with van der Waals surface area (Å²) >= 11 is 0. The fourth-order valence-electron chi connectivity index (χ4n) is 5.71. The van der Waals surface area contributed by atoms with E-state index in [1.54, 1.807) is 15.7 Å². The summed E-state index contributed by atoms with van der Waals surface area (Å²) in [7, 11) is 0. The summed E-state index contributed by atoms with van der Waals surface area (Å²) in [6.45, 7) is 1.92. The highest BCUT2D eigenvalue weighted by Crippen LogP contribution is 2.35. The van der Waals surface area contributed by atoms with Crippen molar-refractivity contribution < 1.29 is 27.4 Å². The van der Waals surface area contributed by atoms with E-state index in [-0.39, 0.29) is 58.6 Å². The third-order valence-corrected chi connectivity index (χ3v) is 7.94. The number of amides is 1. The van der Waals surface area contributed by atoms with Crippen LogP contribution in [-0.2, 0) is 16.1 Å². The molecule has 2 aliphatic rings. The van der Waals surface area contributed by atoms with Crippen molar-refractivity contribution in [3.05, 3.63) is 71.8 Å². The van der Waals surface area contributed by atoms with Crippen LogP contribution in [0.15, 0.2) is 54.4 Å². The van der Waals surface area contributed by atoms with E-state index in [4.69, 9.17) is 15.2 Å². The van der Waals surface area contributed by atoms with E-state index >= 15 is 4.39 Å².